The molecule has 3 rings (SSSR count). The lowest BCUT2D eigenvalue weighted by Gasteiger charge is -2.11. The second kappa shape index (κ2) is 5.19. The van der Waals surface area contributed by atoms with Crippen molar-refractivity contribution in [2.24, 2.45) is 0 Å². The highest BCUT2D eigenvalue weighted by Crippen LogP contribution is 2.44. The molecule has 0 radical (unpaired) electrons. The molecule has 1 aliphatic carbocycles. The van der Waals surface area contributed by atoms with Crippen LogP contribution in [0.1, 0.15) is 23.5 Å². The Balaban J connectivity index is 1.94. The zero-order valence-electron chi connectivity index (χ0n) is 11.6. The third kappa shape index (κ3) is 2.81. The molecule has 2 aromatic rings. The molecule has 4 heteroatoms. The summed E-state index contributed by atoms with van der Waals surface area (Å²) in [5.41, 5.74) is 2.45. The highest BCUT2D eigenvalue weighted by Gasteiger charge is 2.38. The van der Waals surface area contributed by atoms with E-state index in [-0.39, 0.29) is 0 Å². The fourth-order valence-electron chi connectivity index (χ4n) is 2.78. The molecule has 1 fully saturated rings. The number of alkyl halides is 3. The van der Waals surface area contributed by atoms with Gasteiger partial charge in [0.15, 0.2) is 0 Å². The Labute approximate surface area is 121 Å². The maximum atomic E-state index is 12.6. The number of hydrogen-bond acceptors (Lipinski definition) is 1. The topological polar surface area (TPSA) is 12.0 Å². The molecular weight excluding hydrogens is 275 g/mol. The van der Waals surface area contributed by atoms with Gasteiger partial charge in [-0.2, -0.15) is 13.2 Å². The van der Waals surface area contributed by atoms with E-state index >= 15 is 0 Å². The minimum absolute atomic E-state index is 0.452. The van der Waals surface area contributed by atoms with Crippen molar-refractivity contribution in [1.29, 1.82) is 0 Å². The first-order valence-corrected chi connectivity index (χ1v) is 6.94. The Kier molecular flexibility index (Phi) is 3.49. The van der Waals surface area contributed by atoms with Crippen LogP contribution in [0.15, 0.2) is 48.5 Å². The average Bonchev–Trinajstić information content (AvgIpc) is 3.26. The first-order valence-electron chi connectivity index (χ1n) is 6.94. The van der Waals surface area contributed by atoms with Crippen LogP contribution in [0.4, 0.5) is 13.2 Å². The predicted molar refractivity (Wildman–Crippen MR) is 77.1 cm³/mol. The van der Waals surface area contributed by atoms with Gasteiger partial charge in [0.1, 0.15) is 0 Å². The van der Waals surface area contributed by atoms with Crippen molar-refractivity contribution in [3.63, 3.8) is 0 Å². The Bertz CT molecular complexity index is 631. The number of benzene rings is 2. The molecule has 2 unspecified atom stereocenters. The summed E-state index contributed by atoms with van der Waals surface area (Å²) < 4.78 is 37.9. The molecule has 0 saturated heterocycles. The summed E-state index contributed by atoms with van der Waals surface area (Å²) in [6.45, 7) is 0. The fraction of sp³-hybridized carbons (Fsp3) is 0.294. The fourth-order valence-corrected chi connectivity index (χ4v) is 2.78. The lowest BCUT2D eigenvalue weighted by molar-refractivity contribution is -0.137. The molecule has 0 aromatic heterocycles. The van der Waals surface area contributed by atoms with E-state index in [2.05, 4.69) is 11.4 Å². The Morgan fingerprint density at radius 2 is 1.67 bits per heavy atom. The van der Waals surface area contributed by atoms with Gasteiger partial charge in [0.05, 0.1) is 5.56 Å². The van der Waals surface area contributed by atoms with Crippen LogP contribution >= 0.6 is 0 Å². The van der Waals surface area contributed by atoms with Crippen LogP contribution < -0.4 is 5.32 Å². The molecule has 21 heavy (non-hydrogen) atoms. The smallest absolute Gasteiger partial charge is 0.316 e. The number of halogens is 3. The van der Waals surface area contributed by atoms with E-state index in [1.807, 2.05) is 25.2 Å². The van der Waals surface area contributed by atoms with Crippen molar-refractivity contribution >= 4 is 0 Å². The Morgan fingerprint density at radius 1 is 1.00 bits per heavy atom. The maximum absolute atomic E-state index is 12.6. The minimum atomic E-state index is -4.29. The molecule has 110 valence electrons. The van der Waals surface area contributed by atoms with Gasteiger partial charge in [0.25, 0.3) is 0 Å². The van der Waals surface area contributed by atoms with Crippen LogP contribution in [0.5, 0.6) is 0 Å². The monoisotopic (exact) mass is 291 g/mol. The van der Waals surface area contributed by atoms with E-state index in [1.165, 1.54) is 5.56 Å². The third-order valence-corrected chi connectivity index (χ3v) is 4.04. The van der Waals surface area contributed by atoms with Crippen LogP contribution in [-0.2, 0) is 6.18 Å². The normalized spacial score (nSPS) is 21.3. The zero-order valence-corrected chi connectivity index (χ0v) is 11.6. The predicted octanol–water partition coefficient (Wildman–Crippen LogP) is 4.45. The van der Waals surface area contributed by atoms with Crippen LogP contribution in [0, 0.1) is 0 Å². The summed E-state index contributed by atoms with van der Waals surface area (Å²) in [6.07, 6.45) is -3.21. The van der Waals surface area contributed by atoms with Crippen molar-refractivity contribution in [2.45, 2.75) is 24.6 Å². The van der Waals surface area contributed by atoms with Crippen LogP contribution in [0.2, 0.25) is 0 Å². The highest BCUT2D eigenvalue weighted by atomic mass is 19.4. The Morgan fingerprint density at radius 3 is 2.24 bits per heavy atom. The van der Waals surface area contributed by atoms with E-state index in [1.54, 1.807) is 12.1 Å². The molecule has 1 aliphatic rings. The number of likely N-dealkylation sites (N-methyl/N-ethyl adjacent to an activating group) is 1. The van der Waals surface area contributed by atoms with E-state index in [9.17, 15) is 13.2 Å². The van der Waals surface area contributed by atoms with E-state index in [0.717, 1.165) is 29.7 Å². The van der Waals surface area contributed by atoms with Crippen LogP contribution in [0.3, 0.4) is 0 Å². The summed E-state index contributed by atoms with van der Waals surface area (Å²) in [5, 5.41) is 3.25. The van der Waals surface area contributed by atoms with Gasteiger partial charge in [-0.1, -0.05) is 36.4 Å². The number of nitrogens with one attached hydrogen (secondary N) is 1. The molecule has 0 spiro atoms. The van der Waals surface area contributed by atoms with Gasteiger partial charge in [-0.15, -0.1) is 0 Å². The molecule has 0 heterocycles. The SMILES string of the molecule is CNC1CC1c1ccccc1-c1ccc(C(F)(F)F)cc1. The Hall–Kier alpha value is -1.81. The van der Waals surface area contributed by atoms with Gasteiger partial charge in [0.2, 0.25) is 0 Å². The first-order chi connectivity index (χ1) is 10.0. The van der Waals surface area contributed by atoms with Crippen molar-refractivity contribution in [2.75, 3.05) is 7.05 Å². The van der Waals surface area contributed by atoms with Crippen molar-refractivity contribution in [3.05, 3.63) is 59.7 Å². The molecule has 2 aromatic carbocycles. The van der Waals surface area contributed by atoms with Crippen LogP contribution in [-0.4, -0.2) is 13.1 Å². The van der Waals surface area contributed by atoms with Crippen molar-refractivity contribution < 1.29 is 13.2 Å². The van der Waals surface area contributed by atoms with Gasteiger partial charge in [-0.05, 0) is 42.3 Å². The van der Waals surface area contributed by atoms with Crippen molar-refractivity contribution in [1.82, 2.24) is 5.32 Å². The summed E-state index contributed by atoms with van der Waals surface area (Å²) in [5.74, 6) is 0.452. The van der Waals surface area contributed by atoms with Gasteiger partial charge in [-0.3, -0.25) is 0 Å². The molecular formula is C17H16F3N. The van der Waals surface area contributed by atoms with Crippen molar-refractivity contribution in [3.8, 4) is 11.1 Å². The van der Waals surface area contributed by atoms with Crippen LogP contribution in [0.25, 0.3) is 11.1 Å². The lowest BCUT2D eigenvalue weighted by Crippen LogP contribution is -2.10. The van der Waals surface area contributed by atoms with E-state index in [0.29, 0.717) is 12.0 Å². The summed E-state index contributed by atoms with van der Waals surface area (Å²) in [6, 6.07) is 13.8. The molecule has 1 nitrogen and oxygen atoms in total. The minimum Gasteiger partial charge on any atom is -0.316 e. The molecule has 0 bridgehead atoms. The largest absolute Gasteiger partial charge is 0.416 e. The summed E-state index contributed by atoms with van der Waals surface area (Å²) >= 11 is 0. The van der Waals surface area contributed by atoms with Gasteiger partial charge in [0, 0.05) is 12.0 Å². The van der Waals surface area contributed by atoms with E-state index < -0.39 is 11.7 Å². The second-order valence-electron chi connectivity index (χ2n) is 5.40. The second-order valence-corrected chi connectivity index (χ2v) is 5.40. The summed E-state index contributed by atoms with van der Waals surface area (Å²) in [4.78, 5) is 0. The summed E-state index contributed by atoms with van der Waals surface area (Å²) in [7, 11) is 1.94. The molecule has 1 saturated carbocycles. The average molecular weight is 291 g/mol. The highest BCUT2D eigenvalue weighted by molar-refractivity contribution is 5.69. The quantitative estimate of drug-likeness (QED) is 0.881. The standard InChI is InChI=1S/C17H16F3N/c1-21-16-10-15(16)14-5-3-2-4-13(14)11-6-8-12(9-7-11)17(18,19)20/h2-9,15-16,21H,10H2,1H3. The number of rotatable bonds is 3. The first kappa shape index (κ1) is 14.1. The number of hydrogen-bond donors (Lipinski definition) is 1. The molecule has 0 aliphatic heterocycles. The molecule has 1 N–H and O–H groups in total. The van der Waals surface area contributed by atoms with Gasteiger partial charge < -0.3 is 5.32 Å². The van der Waals surface area contributed by atoms with Gasteiger partial charge >= 0.3 is 6.18 Å². The molecule has 0 amide bonds. The van der Waals surface area contributed by atoms with Gasteiger partial charge in [-0.25, -0.2) is 0 Å². The lowest BCUT2D eigenvalue weighted by atomic mass is 9.96. The zero-order chi connectivity index (χ0) is 15.0. The maximum Gasteiger partial charge on any atom is 0.416 e. The third-order valence-electron chi connectivity index (χ3n) is 4.04. The molecule has 2 atom stereocenters. The van der Waals surface area contributed by atoms with E-state index in [4.69, 9.17) is 0 Å².